The summed E-state index contributed by atoms with van der Waals surface area (Å²) < 4.78 is 24.6. The van der Waals surface area contributed by atoms with Gasteiger partial charge in [-0.05, 0) is 30.4 Å². The highest BCUT2D eigenvalue weighted by Gasteiger charge is 2.40. The minimum atomic E-state index is -3.16. The number of piperazine rings is 1. The van der Waals surface area contributed by atoms with Gasteiger partial charge >= 0.3 is 0 Å². The maximum atomic E-state index is 13.0. The number of rotatable bonds is 2. The molecule has 1 aromatic carbocycles. The molecule has 6 heteroatoms. The van der Waals surface area contributed by atoms with E-state index in [1.807, 2.05) is 24.0 Å². The molecule has 0 bridgehead atoms. The molecule has 1 atom stereocenters. The SMILES string of the molecule is CC1(C(=O)N2CCN(S(C)(=O)=O)CC2)CCc2ccccc2C1. The molecule has 5 nitrogen and oxygen atoms in total. The third kappa shape index (κ3) is 3.28. The van der Waals surface area contributed by atoms with Gasteiger partial charge < -0.3 is 4.90 Å². The topological polar surface area (TPSA) is 57.7 Å². The van der Waals surface area contributed by atoms with Gasteiger partial charge in [0.05, 0.1) is 11.7 Å². The summed E-state index contributed by atoms with van der Waals surface area (Å²) in [7, 11) is -3.16. The van der Waals surface area contributed by atoms with Crippen molar-refractivity contribution in [3.8, 4) is 0 Å². The van der Waals surface area contributed by atoms with E-state index in [-0.39, 0.29) is 11.3 Å². The lowest BCUT2D eigenvalue weighted by molar-refractivity contribution is -0.143. The molecule has 0 radical (unpaired) electrons. The number of aryl methyl sites for hydroxylation is 1. The van der Waals surface area contributed by atoms with Crippen molar-refractivity contribution >= 4 is 15.9 Å². The molecule has 0 aromatic heterocycles. The standard InChI is InChI=1S/C17H24N2O3S/c1-17(8-7-14-5-3-4-6-15(14)13-17)16(20)18-9-11-19(12-10-18)23(2,21)22/h3-6H,7-13H2,1-2H3. The van der Waals surface area contributed by atoms with Crippen LogP contribution in [0.2, 0.25) is 0 Å². The predicted molar refractivity (Wildman–Crippen MR) is 89.6 cm³/mol. The molecule has 0 N–H and O–H groups in total. The molecule has 1 unspecified atom stereocenters. The first-order chi connectivity index (χ1) is 10.8. The lowest BCUT2D eigenvalue weighted by Crippen LogP contribution is -2.54. The third-order valence-electron chi connectivity index (χ3n) is 5.16. The Morgan fingerprint density at radius 2 is 1.70 bits per heavy atom. The first-order valence-electron chi connectivity index (χ1n) is 8.11. The van der Waals surface area contributed by atoms with E-state index in [0.717, 1.165) is 19.3 Å². The molecule has 0 spiro atoms. The fourth-order valence-corrected chi connectivity index (χ4v) is 4.51. The molecule has 1 aliphatic carbocycles. The summed E-state index contributed by atoms with van der Waals surface area (Å²) in [6.07, 6.45) is 3.79. The quantitative estimate of drug-likeness (QED) is 0.818. The van der Waals surface area contributed by atoms with Crippen LogP contribution in [0.1, 0.15) is 24.5 Å². The lowest BCUT2D eigenvalue weighted by Gasteiger charge is -2.41. The average Bonchev–Trinajstić information content (AvgIpc) is 2.53. The summed E-state index contributed by atoms with van der Waals surface area (Å²) in [5, 5.41) is 0. The fraction of sp³-hybridized carbons (Fsp3) is 0.588. The minimum Gasteiger partial charge on any atom is -0.340 e. The Balaban J connectivity index is 1.70. The maximum Gasteiger partial charge on any atom is 0.228 e. The molecule has 23 heavy (non-hydrogen) atoms. The van der Waals surface area contributed by atoms with E-state index in [1.54, 1.807) is 0 Å². The largest absolute Gasteiger partial charge is 0.340 e. The lowest BCUT2D eigenvalue weighted by atomic mass is 9.72. The van der Waals surface area contributed by atoms with Crippen molar-refractivity contribution in [1.82, 2.24) is 9.21 Å². The van der Waals surface area contributed by atoms with Crippen LogP contribution in [-0.2, 0) is 27.7 Å². The van der Waals surface area contributed by atoms with Crippen LogP contribution in [-0.4, -0.2) is 56.0 Å². The number of nitrogens with zero attached hydrogens (tertiary/aromatic N) is 2. The van der Waals surface area contributed by atoms with Crippen LogP contribution in [0.5, 0.6) is 0 Å². The number of amides is 1. The molecule has 1 aromatic rings. The minimum absolute atomic E-state index is 0.167. The predicted octanol–water partition coefficient (Wildman–Crippen LogP) is 1.29. The first kappa shape index (κ1) is 16.5. The Kier molecular flexibility index (Phi) is 4.23. The molecule has 126 valence electrons. The normalized spacial score (nSPS) is 25.9. The molecule has 1 fully saturated rings. The maximum absolute atomic E-state index is 13.0. The third-order valence-corrected chi connectivity index (χ3v) is 6.46. The van der Waals surface area contributed by atoms with Crippen LogP contribution in [0.4, 0.5) is 0 Å². The van der Waals surface area contributed by atoms with Gasteiger partial charge in [-0.2, -0.15) is 4.31 Å². The van der Waals surface area contributed by atoms with Crippen LogP contribution in [0, 0.1) is 5.41 Å². The number of carbonyl (C=O) groups is 1. The average molecular weight is 336 g/mol. The molecule has 3 rings (SSSR count). The molecular formula is C17H24N2O3S. The monoisotopic (exact) mass is 336 g/mol. The van der Waals surface area contributed by atoms with Crippen LogP contribution in [0.15, 0.2) is 24.3 Å². The summed E-state index contributed by atoms with van der Waals surface area (Å²) in [6.45, 7) is 3.83. The Hall–Kier alpha value is -1.40. The highest BCUT2D eigenvalue weighted by Crippen LogP contribution is 2.37. The van der Waals surface area contributed by atoms with E-state index in [9.17, 15) is 13.2 Å². The van der Waals surface area contributed by atoms with Crippen LogP contribution >= 0.6 is 0 Å². The first-order valence-corrected chi connectivity index (χ1v) is 9.96. The number of hydrogen-bond donors (Lipinski definition) is 0. The second-order valence-electron chi connectivity index (χ2n) is 6.96. The zero-order valence-electron chi connectivity index (χ0n) is 13.8. The number of carbonyl (C=O) groups excluding carboxylic acids is 1. The Morgan fingerprint density at radius 3 is 2.30 bits per heavy atom. The smallest absolute Gasteiger partial charge is 0.228 e. The van der Waals surface area contributed by atoms with E-state index in [1.165, 1.54) is 21.7 Å². The molecular weight excluding hydrogens is 312 g/mol. The molecule has 1 saturated heterocycles. The molecule has 1 heterocycles. The zero-order valence-corrected chi connectivity index (χ0v) is 14.6. The van der Waals surface area contributed by atoms with Gasteiger partial charge in [-0.15, -0.1) is 0 Å². The second-order valence-corrected chi connectivity index (χ2v) is 8.94. The van der Waals surface area contributed by atoms with Crippen molar-refractivity contribution in [3.63, 3.8) is 0 Å². The number of benzene rings is 1. The summed E-state index contributed by atoms with van der Waals surface area (Å²) in [6, 6.07) is 8.33. The van der Waals surface area contributed by atoms with Gasteiger partial charge in [0.25, 0.3) is 0 Å². The Labute approximate surface area is 138 Å². The van der Waals surface area contributed by atoms with Gasteiger partial charge in [0.2, 0.25) is 15.9 Å². The zero-order chi connectivity index (χ0) is 16.7. The van der Waals surface area contributed by atoms with Gasteiger partial charge in [-0.1, -0.05) is 31.2 Å². The molecule has 0 saturated carbocycles. The van der Waals surface area contributed by atoms with Crippen LogP contribution in [0.25, 0.3) is 0 Å². The Bertz CT molecular complexity index is 708. The highest BCUT2D eigenvalue weighted by molar-refractivity contribution is 7.88. The second kappa shape index (κ2) is 5.91. The van der Waals surface area contributed by atoms with Gasteiger partial charge in [-0.25, -0.2) is 8.42 Å². The number of sulfonamides is 1. The van der Waals surface area contributed by atoms with E-state index < -0.39 is 10.0 Å². The highest BCUT2D eigenvalue weighted by atomic mass is 32.2. The number of hydrogen-bond acceptors (Lipinski definition) is 3. The van der Waals surface area contributed by atoms with E-state index >= 15 is 0 Å². The van der Waals surface area contributed by atoms with E-state index in [2.05, 4.69) is 12.1 Å². The van der Waals surface area contributed by atoms with Crippen molar-refractivity contribution in [3.05, 3.63) is 35.4 Å². The van der Waals surface area contributed by atoms with Gasteiger partial charge in [0.15, 0.2) is 0 Å². The van der Waals surface area contributed by atoms with Crippen LogP contribution < -0.4 is 0 Å². The summed E-state index contributed by atoms with van der Waals surface area (Å²) in [4.78, 5) is 14.8. The van der Waals surface area contributed by atoms with Crippen molar-refractivity contribution < 1.29 is 13.2 Å². The van der Waals surface area contributed by atoms with Crippen molar-refractivity contribution in [2.45, 2.75) is 26.2 Å². The van der Waals surface area contributed by atoms with Gasteiger partial charge in [-0.3, -0.25) is 4.79 Å². The molecule has 2 aliphatic rings. The van der Waals surface area contributed by atoms with Gasteiger partial charge in [0, 0.05) is 26.2 Å². The summed E-state index contributed by atoms with van der Waals surface area (Å²) in [5.74, 6) is 0.167. The summed E-state index contributed by atoms with van der Waals surface area (Å²) >= 11 is 0. The fourth-order valence-electron chi connectivity index (χ4n) is 3.68. The van der Waals surface area contributed by atoms with Crippen molar-refractivity contribution in [2.75, 3.05) is 32.4 Å². The number of fused-ring (bicyclic) bond motifs is 1. The van der Waals surface area contributed by atoms with E-state index in [4.69, 9.17) is 0 Å². The molecule has 1 amide bonds. The van der Waals surface area contributed by atoms with E-state index in [0.29, 0.717) is 26.2 Å². The Morgan fingerprint density at radius 1 is 1.09 bits per heavy atom. The summed E-state index contributed by atoms with van der Waals surface area (Å²) in [5.41, 5.74) is 2.24. The van der Waals surface area contributed by atoms with Gasteiger partial charge in [0.1, 0.15) is 0 Å². The van der Waals surface area contributed by atoms with Crippen LogP contribution in [0.3, 0.4) is 0 Å². The molecule has 1 aliphatic heterocycles. The van der Waals surface area contributed by atoms with Crippen molar-refractivity contribution in [2.24, 2.45) is 5.41 Å². The van der Waals surface area contributed by atoms with Crippen molar-refractivity contribution in [1.29, 1.82) is 0 Å².